The predicted octanol–water partition coefficient (Wildman–Crippen LogP) is 4.28. The molecule has 0 aromatic rings. The van der Waals surface area contributed by atoms with Crippen molar-refractivity contribution >= 4 is 0 Å². The van der Waals surface area contributed by atoms with Gasteiger partial charge in [0.25, 0.3) is 0 Å². The second-order valence-corrected chi connectivity index (χ2v) is 6.53. The smallest absolute Gasteiger partial charge is 0.0728 e. The first kappa shape index (κ1) is 15.3. The number of rotatable bonds is 5. The molecule has 1 N–H and O–H groups in total. The number of ether oxygens (including phenoxy) is 1. The molecule has 0 saturated heterocycles. The maximum absolute atomic E-state index is 6.36. The Kier molecular flexibility index (Phi) is 7.23. The lowest BCUT2D eigenvalue weighted by Gasteiger charge is -2.32. The summed E-state index contributed by atoms with van der Waals surface area (Å²) in [7, 11) is 0. The first-order valence-corrected chi connectivity index (χ1v) is 8.75. The summed E-state index contributed by atoms with van der Waals surface area (Å²) in [5.74, 6) is 0.849. The minimum absolute atomic E-state index is 0.474. The number of likely N-dealkylation sites (N-methyl/N-ethyl adjacent to an activating group) is 1. The van der Waals surface area contributed by atoms with Crippen molar-refractivity contribution in [1.29, 1.82) is 0 Å². The van der Waals surface area contributed by atoms with E-state index in [0.29, 0.717) is 12.1 Å². The van der Waals surface area contributed by atoms with Crippen molar-refractivity contribution in [2.24, 2.45) is 5.92 Å². The fraction of sp³-hybridized carbons (Fsp3) is 1.00. The monoisotopic (exact) mass is 267 g/mol. The topological polar surface area (TPSA) is 21.3 Å². The summed E-state index contributed by atoms with van der Waals surface area (Å²) in [6.45, 7) is 4.32. The van der Waals surface area contributed by atoms with E-state index in [9.17, 15) is 0 Å². The predicted molar refractivity (Wildman–Crippen MR) is 81.5 cm³/mol. The van der Waals surface area contributed by atoms with Crippen LogP contribution in [0.2, 0.25) is 0 Å². The van der Waals surface area contributed by atoms with Gasteiger partial charge in [0.1, 0.15) is 0 Å². The molecule has 2 rings (SSSR count). The summed E-state index contributed by atoms with van der Waals surface area (Å²) in [4.78, 5) is 0. The first-order valence-electron chi connectivity index (χ1n) is 8.75. The van der Waals surface area contributed by atoms with Crippen LogP contribution in [0.1, 0.15) is 77.6 Å². The Labute approximate surface area is 119 Å². The van der Waals surface area contributed by atoms with Gasteiger partial charge in [0.15, 0.2) is 0 Å². The van der Waals surface area contributed by atoms with Crippen LogP contribution in [0.3, 0.4) is 0 Å². The molecule has 112 valence electrons. The summed E-state index contributed by atoms with van der Waals surface area (Å²) in [5, 5.41) is 3.67. The first-order chi connectivity index (χ1) is 9.40. The average molecular weight is 267 g/mol. The molecule has 2 fully saturated rings. The van der Waals surface area contributed by atoms with Gasteiger partial charge in [-0.2, -0.15) is 0 Å². The molecule has 0 aliphatic heterocycles. The molecule has 0 aromatic carbocycles. The van der Waals surface area contributed by atoms with Crippen molar-refractivity contribution in [3.63, 3.8) is 0 Å². The number of hydrogen-bond acceptors (Lipinski definition) is 2. The van der Waals surface area contributed by atoms with Gasteiger partial charge in [-0.3, -0.25) is 0 Å². The summed E-state index contributed by atoms with van der Waals surface area (Å²) in [6, 6.07) is 0.605. The zero-order valence-corrected chi connectivity index (χ0v) is 12.8. The maximum Gasteiger partial charge on any atom is 0.0728 e. The highest BCUT2D eigenvalue weighted by atomic mass is 16.5. The Morgan fingerprint density at radius 1 is 0.842 bits per heavy atom. The lowest BCUT2D eigenvalue weighted by Crippen LogP contribution is -2.42. The van der Waals surface area contributed by atoms with Crippen LogP contribution in [0.25, 0.3) is 0 Å². The SMILES string of the molecule is CCNC1CCCCCCC1OCC1CCCCC1. The van der Waals surface area contributed by atoms with Crippen LogP contribution in [0.15, 0.2) is 0 Å². The van der Waals surface area contributed by atoms with Crippen molar-refractivity contribution in [2.75, 3.05) is 13.2 Å². The molecule has 0 radical (unpaired) electrons. The van der Waals surface area contributed by atoms with Crippen molar-refractivity contribution in [3.05, 3.63) is 0 Å². The highest BCUT2D eigenvalue weighted by molar-refractivity contribution is 4.79. The Morgan fingerprint density at radius 3 is 2.21 bits per heavy atom. The fourth-order valence-corrected chi connectivity index (χ4v) is 3.76. The lowest BCUT2D eigenvalue weighted by atomic mass is 9.89. The van der Waals surface area contributed by atoms with Gasteiger partial charge in [0, 0.05) is 12.6 Å². The van der Waals surface area contributed by atoms with Gasteiger partial charge in [-0.25, -0.2) is 0 Å². The molecule has 2 atom stereocenters. The van der Waals surface area contributed by atoms with E-state index < -0.39 is 0 Å². The quantitative estimate of drug-likeness (QED) is 0.802. The van der Waals surface area contributed by atoms with Gasteiger partial charge in [-0.1, -0.05) is 51.9 Å². The second kappa shape index (κ2) is 8.97. The van der Waals surface area contributed by atoms with Crippen LogP contribution in [0.5, 0.6) is 0 Å². The summed E-state index contributed by atoms with van der Waals surface area (Å²) in [6.07, 6.45) is 15.7. The van der Waals surface area contributed by atoms with E-state index in [-0.39, 0.29) is 0 Å². The molecule has 2 unspecified atom stereocenters. The highest BCUT2D eigenvalue weighted by Crippen LogP contribution is 2.26. The standard InChI is InChI=1S/C17H33NO/c1-2-18-16-12-8-3-4-9-13-17(16)19-14-15-10-6-5-7-11-15/h15-18H,2-14H2,1H3. The zero-order chi connectivity index (χ0) is 13.3. The minimum atomic E-state index is 0.474. The van der Waals surface area contributed by atoms with Gasteiger partial charge < -0.3 is 10.1 Å². The molecule has 2 nitrogen and oxygen atoms in total. The van der Waals surface area contributed by atoms with Crippen LogP contribution >= 0.6 is 0 Å². The lowest BCUT2D eigenvalue weighted by molar-refractivity contribution is -0.0107. The van der Waals surface area contributed by atoms with E-state index in [2.05, 4.69) is 12.2 Å². The van der Waals surface area contributed by atoms with Crippen LogP contribution in [-0.4, -0.2) is 25.3 Å². The molecule has 2 aliphatic carbocycles. The Hall–Kier alpha value is -0.0800. The molecule has 2 saturated carbocycles. The molecule has 2 heteroatoms. The van der Waals surface area contributed by atoms with Gasteiger partial charge >= 0.3 is 0 Å². The Balaban J connectivity index is 1.78. The molecule has 2 aliphatic rings. The largest absolute Gasteiger partial charge is 0.376 e. The van der Waals surface area contributed by atoms with Crippen LogP contribution < -0.4 is 5.32 Å². The zero-order valence-electron chi connectivity index (χ0n) is 12.8. The normalized spacial score (nSPS) is 30.8. The number of nitrogens with one attached hydrogen (secondary N) is 1. The van der Waals surface area contributed by atoms with Gasteiger partial charge in [0.05, 0.1) is 6.10 Å². The van der Waals surface area contributed by atoms with Crippen molar-refractivity contribution in [1.82, 2.24) is 5.32 Å². The van der Waals surface area contributed by atoms with Crippen LogP contribution in [-0.2, 0) is 4.74 Å². The average Bonchev–Trinajstić information content (AvgIpc) is 2.43. The maximum atomic E-state index is 6.36. The Morgan fingerprint density at radius 2 is 1.47 bits per heavy atom. The van der Waals surface area contributed by atoms with Gasteiger partial charge in [-0.15, -0.1) is 0 Å². The van der Waals surface area contributed by atoms with E-state index in [0.717, 1.165) is 19.1 Å². The third kappa shape index (κ3) is 5.43. The van der Waals surface area contributed by atoms with E-state index in [1.807, 2.05) is 0 Å². The molecular weight excluding hydrogens is 234 g/mol. The summed E-state index contributed by atoms with van der Waals surface area (Å²) in [5.41, 5.74) is 0. The third-order valence-electron chi connectivity index (χ3n) is 4.94. The third-order valence-corrected chi connectivity index (χ3v) is 4.94. The van der Waals surface area contributed by atoms with Gasteiger partial charge in [-0.05, 0) is 38.1 Å². The van der Waals surface area contributed by atoms with E-state index >= 15 is 0 Å². The van der Waals surface area contributed by atoms with Crippen molar-refractivity contribution in [3.8, 4) is 0 Å². The minimum Gasteiger partial charge on any atom is -0.376 e. The number of hydrogen-bond donors (Lipinski definition) is 1. The molecule has 0 spiro atoms. The molecule has 19 heavy (non-hydrogen) atoms. The van der Waals surface area contributed by atoms with Crippen LogP contribution in [0.4, 0.5) is 0 Å². The van der Waals surface area contributed by atoms with Crippen LogP contribution in [0, 0.1) is 5.92 Å². The van der Waals surface area contributed by atoms with E-state index in [4.69, 9.17) is 4.74 Å². The van der Waals surface area contributed by atoms with E-state index in [1.165, 1.54) is 70.6 Å². The molecule has 0 bridgehead atoms. The molecular formula is C17H33NO. The van der Waals surface area contributed by atoms with Crippen molar-refractivity contribution < 1.29 is 4.74 Å². The summed E-state index contributed by atoms with van der Waals surface area (Å²) >= 11 is 0. The molecule has 0 amide bonds. The highest BCUT2D eigenvalue weighted by Gasteiger charge is 2.24. The van der Waals surface area contributed by atoms with E-state index in [1.54, 1.807) is 0 Å². The molecule has 0 aromatic heterocycles. The summed E-state index contributed by atoms with van der Waals surface area (Å²) < 4.78 is 6.36. The Bertz CT molecular complexity index is 225. The second-order valence-electron chi connectivity index (χ2n) is 6.53. The van der Waals surface area contributed by atoms with Gasteiger partial charge in [0.2, 0.25) is 0 Å². The fourth-order valence-electron chi connectivity index (χ4n) is 3.76. The molecule has 0 heterocycles. The van der Waals surface area contributed by atoms with Crippen molar-refractivity contribution in [2.45, 2.75) is 89.7 Å².